The van der Waals surface area contributed by atoms with Gasteiger partial charge in [0.05, 0.1) is 6.67 Å². The van der Waals surface area contributed by atoms with Crippen LogP contribution in [0, 0.1) is 0 Å². The van der Waals surface area contributed by atoms with Crippen LogP contribution >= 0.6 is 0 Å². The fourth-order valence-electron chi connectivity index (χ4n) is 1.13. The second-order valence-corrected chi connectivity index (χ2v) is 3.28. The first-order chi connectivity index (χ1) is 6.59. The number of methoxy groups -OCH3 is 1. The van der Waals surface area contributed by atoms with Gasteiger partial charge in [-0.15, -0.1) is 0 Å². The Kier molecular flexibility index (Phi) is 8.02. The number of aliphatic hydroxyl groups is 2. The molecule has 0 aliphatic carbocycles. The van der Waals surface area contributed by atoms with E-state index in [1.54, 1.807) is 25.9 Å². The lowest BCUT2D eigenvalue weighted by atomic mass is 10.4. The largest absolute Gasteiger partial charge is 0.385 e. The van der Waals surface area contributed by atoms with E-state index in [0.717, 1.165) is 19.6 Å². The third kappa shape index (κ3) is 6.28. The van der Waals surface area contributed by atoms with Crippen LogP contribution < -0.4 is 5.32 Å². The zero-order valence-electron chi connectivity index (χ0n) is 9.23. The van der Waals surface area contributed by atoms with Crippen LogP contribution in [0.15, 0.2) is 0 Å². The van der Waals surface area contributed by atoms with Gasteiger partial charge < -0.3 is 20.3 Å². The van der Waals surface area contributed by atoms with E-state index in [9.17, 15) is 10.2 Å². The van der Waals surface area contributed by atoms with E-state index in [1.807, 2.05) is 0 Å². The third-order valence-corrected chi connectivity index (χ3v) is 1.96. The zero-order valence-corrected chi connectivity index (χ0v) is 9.23. The summed E-state index contributed by atoms with van der Waals surface area (Å²) >= 11 is 0. The van der Waals surface area contributed by atoms with Crippen LogP contribution in [-0.2, 0) is 4.74 Å². The van der Waals surface area contributed by atoms with Crippen molar-refractivity contribution in [2.24, 2.45) is 0 Å². The second-order valence-electron chi connectivity index (χ2n) is 3.28. The van der Waals surface area contributed by atoms with Crippen LogP contribution in [0.4, 0.5) is 0 Å². The van der Waals surface area contributed by atoms with Crippen molar-refractivity contribution in [1.82, 2.24) is 10.2 Å². The van der Waals surface area contributed by atoms with Crippen molar-refractivity contribution in [2.75, 3.05) is 26.9 Å². The minimum Gasteiger partial charge on any atom is -0.385 e. The lowest BCUT2D eigenvalue weighted by molar-refractivity contribution is -0.0879. The molecule has 0 aromatic rings. The van der Waals surface area contributed by atoms with Crippen LogP contribution in [0.5, 0.6) is 0 Å². The molecule has 2 atom stereocenters. The summed E-state index contributed by atoms with van der Waals surface area (Å²) in [5.41, 5.74) is 0. The molecule has 2 unspecified atom stereocenters. The van der Waals surface area contributed by atoms with Crippen molar-refractivity contribution < 1.29 is 14.9 Å². The maximum Gasteiger partial charge on any atom is 0.107 e. The highest BCUT2D eigenvalue weighted by molar-refractivity contribution is 4.57. The Balaban J connectivity index is 3.52. The fraction of sp³-hybridized carbons (Fsp3) is 1.00. The Morgan fingerprint density at radius 1 is 1.29 bits per heavy atom. The van der Waals surface area contributed by atoms with Crippen LogP contribution in [0.1, 0.15) is 20.3 Å². The molecular weight excluding hydrogens is 184 g/mol. The van der Waals surface area contributed by atoms with Gasteiger partial charge in [-0.05, 0) is 26.8 Å². The van der Waals surface area contributed by atoms with E-state index in [2.05, 4.69) is 5.32 Å². The van der Waals surface area contributed by atoms with Crippen LogP contribution in [-0.4, -0.2) is 54.5 Å². The molecule has 0 radical (unpaired) electrons. The van der Waals surface area contributed by atoms with Crippen LogP contribution in [0.2, 0.25) is 0 Å². The molecule has 0 rings (SSSR count). The summed E-state index contributed by atoms with van der Waals surface area (Å²) in [6.45, 7) is 5.26. The highest BCUT2D eigenvalue weighted by Crippen LogP contribution is 1.98. The van der Waals surface area contributed by atoms with Gasteiger partial charge >= 0.3 is 0 Å². The van der Waals surface area contributed by atoms with Gasteiger partial charge in [0.15, 0.2) is 0 Å². The number of hydrogen-bond acceptors (Lipinski definition) is 5. The molecule has 0 amide bonds. The average molecular weight is 206 g/mol. The van der Waals surface area contributed by atoms with Gasteiger partial charge in [-0.2, -0.15) is 0 Å². The molecule has 0 aromatic heterocycles. The highest BCUT2D eigenvalue weighted by atomic mass is 16.5. The van der Waals surface area contributed by atoms with Crippen LogP contribution in [0.3, 0.4) is 0 Å². The number of rotatable bonds is 8. The Bertz CT molecular complexity index is 123. The van der Waals surface area contributed by atoms with E-state index < -0.39 is 12.5 Å². The summed E-state index contributed by atoms with van der Waals surface area (Å²) < 4.78 is 4.89. The molecule has 0 saturated carbocycles. The van der Waals surface area contributed by atoms with Crippen molar-refractivity contribution in [2.45, 2.75) is 32.7 Å². The number of hydrogen-bond donors (Lipinski definition) is 3. The lowest BCUT2D eigenvalue weighted by Crippen LogP contribution is -2.45. The molecule has 0 bridgehead atoms. The van der Waals surface area contributed by atoms with Crippen molar-refractivity contribution in [3.05, 3.63) is 0 Å². The van der Waals surface area contributed by atoms with Gasteiger partial charge in [0.2, 0.25) is 0 Å². The smallest absolute Gasteiger partial charge is 0.107 e. The van der Waals surface area contributed by atoms with E-state index >= 15 is 0 Å². The predicted molar refractivity (Wildman–Crippen MR) is 54.6 cm³/mol. The molecule has 0 fully saturated rings. The van der Waals surface area contributed by atoms with E-state index in [0.29, 0.717) is 6.67 Å². The normalized spacial score (nSPS) is 15.9. The molecule has 86 valence electrons. The average Bonchev–Trinajstić information content (AvgIpc) is 2.09. The quantitative estimate of drug-likeness (QED) is 0.371. The minimum atomic E-state index is -0.648. The number of nitrogens with one attached hydrogen (secondary N) is 1. The molecule has 0 heterocycles. The summed E-state index contributed by atoms with van der Waals surface area (Å²) in [7, 11) is 1.66. The zero-order chi connectivity index (χ0) is 11.0. The van der Waals surface area contributed by atoms with E-state index in [-0.39, 0.29) is 0 Å². The fourth-order valence-corrected chi connectivity index (χ4v) is 1.13. The monoisotopic (exact) mass is 206 g/mol. The summed E-state index contributed by atoms with van der Waals surface area (Å²) in [5.74, 6) is 0. The molecule has 0 aliphatic heterocycles. The van der Waals surface area contributed by atoms with Gasteiger partial charge in [0.25, 0.3) is 0 Å². The van der Waals surface area contributed by atoms with Gasteiger partial charge in [0, 0.05) is 13.7 Å². The maximum absolute atomic E-state index is 9.29. The van der Waals surface area contributed by atoms with E-state index in [1.165, 1.54) is 0 Å². The van der Waals surface area contributed by atoms with Crippen molar-refractivity contribution in [3.8, 4) is 0 Å². The van der Waals surface area contributed by atoms with Crippen LogP contribution in [0.25, 0.3) is 0 Å². The first kappa shape index (κ1) is 13.8. The van der Waals surface area contributed by atoms with Crippen molar-refractivity contribution >= 4 is 0 Å². The maximum atomic E-state index is 9.29. The molecule has 5 nitrogen and oxygen atoms in total. The molecule has 0 aromatic carbocycles. The van der Waals surface area contributed by atoms with Crippen molar-refractivity contribution in [3.63, 3.8) is 0 Å². The second kappa shape index (κ2) is 8.14. The molecule has 3 N–H and O–H groups in total. The Morgan fingerprint density at radius 3 is 2.29 bits per heavy atom. The first-order valence-electron chi connectivity index (χ1n) is 4.91. The molecule has 0 saturated heterocycles. The first-order valence-corrected chi connectivity index (χ1v) is 4.91. The predicted octanol–water partition coefficient (Wildman–Crippen LogP) is -0.451. The highest BCUT2D eigenvalue weighted by Gasteiger charge is 2.14. The van der Waals surface area contributed by atoms with Gasteiger partial charge in [-0.25, -0.2) is 4.90 Å². The Morgan fingerprint density at radius 2 is 1.86 bits per heavy atom. The summed E-state index contributed by atoms with van der Waals surface area (Å²) in [6.07, 6.45) is -0.376. The topological polar surface area (TPSA) is 65.0 Å². The van der Waals surface area contributed by atoms with Gasteiger partial charge in [-0.1, -0.05) is 0 Å². The van der Waals surface area contributed by atoms with Gasteiger partial charge in [0.1, 0.15) is 12.5 Å². The number of nitrogens with zero attached hydrogens (tertiary/aromatic N) is 1. The summed E-state index contributed by atoms with van der Waals surface area (Å²) in [6, 6.07) is 0. The number of ether oxygens (including phenoxy) is 1. The molecule has 5 heteroatoms. The van der Waals surface area contributed by atoms with Crippen molar-refractivity contribution in [1.29, 1.82) is 0 Å². The van der Waals surface area contributed by atoms with Gasteiger partial charge in [-0.3, -0.25) is 0 Å². The standard InChI is InChI=1S/C9H22N2O3/c1-8(12)11(9(2)13)7-10-5-4-6-14-3/h8-10,12-13H,4-7H2,1-3H3. The number of aliphatic hydroxyl groups excluding tert-OH is 2. The minimum absolute atomic E-state index is 0.471. The van der Waals surface area contributed by atoms with E-state index in [4.69, 9.17) is 4.74 Å². The Labute approximate surface area is 85.7 Å². The molecular formula is C9H22N2O3. The SMILES string of the molecule is COCCCNCN(C(C)O)C(C)O. The summed E-state index contributed by atoms with van der Waals surface area (Å²) in [4.78, 5) is 1.55. The molecule has 14 heavy (non-hydrogen) atoms. The third-order valence-electron chi connectivity index (χ3n) is 1.96. The molecule has 0 spiro atoms. The molecule has 0 aliphatic rings. The Hall–Kier alpha value is -0.200. The lowest BCUT2D eigenvalue weighted by Gasteiger charge is -2.28. The summed E-state index contributed by atoms with van der Waals surface area (Å²) in [5, 5.41) is 21.7.